The Balaban J connectivity index is 1.71. The zero-order valence-electron chi connectivity index (χ0n) is 20.9. The molecule has 6 rings (SSSR count). The lowest BCUT2D eigenvalue weighted by Gasteiger charge is -2.27. The molecule has 0 amide bonds. The number of hydrogen-bond donors (Lipinski definition) is 0. The van der Waals surface area contributed by atoms with Crippen molar-refractivity contribution < 1.29 is 0 Å². The van der Waals surface area contributed by atoms with Crippen LogP contribution in [-0.4, -0.2) is 4.98 Å². The maximum atomic E-state index is 4.99. The lowest BCUT2D eigenvalue weighted by atomic mass is 9.84. The van der Waals surface area contributed by atoms with E-state index in [0.717, 1.165) is 12.1 Å². The van der Waals surface area contributed by atoms with Crippen LogP contribution in [0.15, 0.2) is 76.7 Å². The standard InChI is InChI=1S/C32H31NS/c1-31(2,3)18-26-22-10-8-7-9-19(22)15-25-29-28-23(13-14-33-29)24-17-21(32(4,5)6)12-11-20(24)16-27(28)34-30(25)26/h7-17H,18H2,1-6H3. The molecule has 5 aromatic rings. The molecule has 2 heteroatoms. The Morgan fingerprint density at radius 2 is 1.53 bits per heavy atom. The molecular weight excluding hydrogens is 430 g/mol. The van der Waals surface area contributed by atoms with Crippen molar-refractivity contribution in [2.24, 2.45) is 5.41 Å². The molecule has 0 N–H and O–H groups in total. The topological polar surface area (TPSA) is 12.9 Å². The van der Waals surface area contributed by atoms with Crippen molar-refractivity contribution in [1.82, 2.24) is 4.98 Å². The fourth-order valence-corrected chi connectivity index (χ4v) is 6.61. The fourth-order valence-electron chi connectivity index (χ4n) is 5.33. The summed E-state index contributed by atoms with van der Waals surface area (Å²) in [4.78, 5) is 7.70. The average molecular weight is 462 g/mol. The number of hydrogen-bond acceptors (Lipinski definition) is 2. The largest absolute Gasteiger partial charge is 0.256 e. The highest BCUT2D eigenvalue weighted by Crippen LogP contribution is 2.52. The second-order valence-electron chi connectivity index (χ2n) is 11.9. The maximum absolute atomic E-state index is 4.99. The minimum absolute atomic E-state index is 0.119. The monoisotopic (exact) mass is 461 g/mol. The van der Waals surface area contributed by atoms with Gasteiger partial charge in [-0.15, -0.1) is 0 Å². The van der Waals surface area contributed by atoms with Crippen LogP contribution in [0.5, 0.6) is 0 Å². The predicted octanol–water partition coefficient (Wildman–Crippen LogP) is 9.56. The third kappa shape index (κ3) is 3.43. The highest BCUT2D eigenvalue weighted by atomic mass is 32.2. The van der Waals surface area contributed by atoms with Crippen LogP contribution in [0.25, 0.3) is 43.6 Å². The van der Waals surface area contributed by atoms with Gasteiger partial charge in [-0.1, -0.05) is 89.7 Å². The van der Waals surface area contributed by atoms with Crippen LogP contribution in [-0.2, 0) is 11.8 Å². The van der Waals surface area contributed by atoms with Gasteiger partial charge in [-0.2, -0.15) is 0 Å². The zero-order valence-corrected chi connectivity index (χ0v) is 21.7. The second kappa shape index (κ2) is 7.33. The van der Waals surface area contributed by atoms with Gasteiger partial charge in [-0.3, -0.25) is 4.98 Å². The molecule has 2 heterocycles. The summed E-state index contributed by atoms with van der Waals surface area (Å²) in [5.74, 6) is 0. The number of nitrogens with zero attached hydrogens (tertiary/aromatic N) is 1. The Labute approximate surface area is 206 Å². The molecular formula is C32H31NS. The van der Waals surface area contributed by atoms with E-state index in [1.807, 2.05) is 18.0 Å². The van der Waals surface area contributed by atoms with Gasteiger partial charge in [0.05, 0.1) is 5.69 Å². The lowest BCUT2D eigenvalue weighted by molar-refractivity contribution is 0.410. The Kier molecular flexibility index (Phi) is 4.67. The van der Waals surface area contributed by atoms with E-state index in [9.17, 15) is 0 Å². The van der Waals surface area contributed by atoms with Gasteiger partial charge in [0, 0.05) is 26.9 Å². The van der Waals surface area contributed by atoms with Crippen molar-refractivity contribution >= 4 is 44.1 Å². The molecule has 0 radical (unpaired) electrons. The Hall–Kier alpha value is -2.84. The molecule has 4 aromatic carbocycles. The summed E-state index contributed by atoms with van der Waals surface area (Å²) in [6, 6.07) is 22.8. The molecule has 0 fully saturated rings. The van der Waals surface area contributed by atoms with Gasteiger partial charge in [0.25, 0.3) is 0 Å². The molecule has 0 bridgehead atoms. The highest BCUT2D eigenvalue weighted by molar-refractivity contribution is 8.00. The molecule has 0 saturated carbocycles. The number of pyridine rings is 1. The Morgan fingerprint density at radius 3 is 2.29 bits per heavy atom. The van der Waals surface area contributed by atoms with Crippen LogP contribution in [0.4, 0.5) is 0 Å². The number of rotatable bonds is 1. The van der Waals surface area contributed by atoms with Crippen molar-refractivity contribution in [3.05, 3.63) is 78.0 Å². The molecule has 0 unspecified atom stereocenters. The Bertz CT molecular complexity index is 1610. The summed E-state index contributed by atoms with van der Waals surface area (Å²) < 4.78 is 0. The first-order chi connectivity index (χ1) is 16.1. The first-order valence-corrected chi connectivity index (χ1v) is 13.0. The zero-order chi connectivity index (χ0) is 23.8. The SMILES string of the molecule is CC(C)(C)Cc1c2c(cc3ccccc13)-c1nccc3c1c(cc1ccc(C(C)(C)C)cc13)S2. The minimum Gasteiger partial charge on any atom is -0.256 e. The van der Waals surface area contributed by atoms with E-state index in [1.165, 1.54) is 58.8 Å². The first kappa shape index (κ1) is 21.7. The average Bonchev–Trinajstić information content (AvgIpc) is 2.78. The van der Waals surface area contributed by atoms with Crippen LogP contribution < -0.4 is 0 Å². The van der Waals surface area contributed by atoms with Crippen molar-refractivity contribution in [2.45, 2.75) is 63.2 Å². The maximum Gasteiger partial charge on any atom is 0.0803 e. The first-order valence-electron chi connectivity index (χ1n) is 12.2. The summed E-state index contributed by atoms with van der Waals surface area (Å²) in [7, 11) is 0. The third-order valence-electron chi connectivity index (χ3n) is 6.97. The minimum atomic E-state index is 0.119. The highest BCUT2D eigenvalue weighted by Gasteiger charge is 2.27. The summed E-state index contributed by atoms with van der Waals surface area (Å²) >= 11 is 1.94. The van der Waals surface area contributed by atoms with Crippen molar-refractivity contribution in [1.29, 1.82) is 0 Å². The Morgan fingerprint density at radius 1 is 0.765 bits per heavy atom. The summed E-state index contributed by atoms with van der Waals surface area (Å²) in [5, 5.41) is 7.92. The van der Waals surface area contributed by atoms with E-state index in [1.54, 1.807) is 0 Å². The molecule has 0 saturated heterocycles. The van der Waals surface area contributed by atoms with Crippen molar-refractivity contribution in [2.75, 3.05) is 0 Å². The molecule has 34 heavy (non-hydrogen) atoms. The second-order valence-corrected chi connectivity index (χ2v) is 13.0. The molecule has 1 aliphatic heterocycles. The molecule has 170 valence electrons. The van der Waals surface area contributed by atoms with Gasteiger partial charge >= 0.3 is 0 Å². The van der Waals surface area contributed by atoms with Crippen LogP contribution in [0, 0.1) is 5.41 Å². The van der Waals surface area contributed by atoms with Gasteiger partial charge < -0.3 is 0 Å². The van der Waals surface area contributed by atoms with Crippen molar-refractivity contribution in [3.8, 4) is 11.3 Å². The quantitative estimate of drug-likeness (QED) is 0.226. The van der Waals surface area contributed by atoms with Gasteiger partial charge in [0.1, 0.15) is 0 Å². The lowest BCUT2D eigenvalue weighted by Crippen LogP contribution is -2.12. The van der Waals surface area contributed by atoms with E-state index in [4.69, 9.17) is 4.98 Å². The van der Waals surface area contributed by atoms with E-state index in [-0.39, 0.29) is 10.8 Å². The molecule has 1 aromatic heterocycles. The molecule has 1 aliphatic rings. The van der Waals surface area contributed by atoms with Crippen LogP contribution >= 0.6 is 11.8 Å². The van der Waals surface area contributed by atoms with Gasteiger partial charge in [-0.25, -0.2) is 0 Å². The van der Waals surface area contributed by atoms with Gasteiger partial charge in [0.15, 0.2) is 0 Å². The van der Waals surface area contributed by atoms with Gasteiger partial charge in [0.2, 0.25) is 0 Å². The number of benzene rings is 4. The number of fused-ring (bicyclic) bond motifs is 5. The van der Waals surface area contributed by atoms with Crippen LogP contribution in [0.1, 0.15) is 52.7 Å². The molecule has 1 nitrogen and oxygen atoms in total. The van der Waals surface area contributed by atoms with Crippen molar-refractivity contribution in [3.63, 3.8) is 0 Å². The van der Waals surface area contributed by atoms with Gasteiger partial charge in [-0.05, 0) is 79.6 Å². The summed E-state index contributed by atoms with van der Waals surface area (Å²) in [6.45, 7) is 13.9. The van der Waals surface area contributed by atoms with Crippen LogP contribution in [0.3, 0.4) is 0 Å². The van der Waals surface area contributed by atoms with Crippen LogP contribution in [0.2, 0.25) is 0 Å². The third-order valence-corrected chi connectivity index (χ3v) is 8.18. The molecule has 0 atom stereocenters. The van der Waals surface area contributed by atoms with E-state index < -0.39 is 0 Å². The molecule has 0 spiro atoms. The normalized spacial score (nSPS) is 13.6. The van der Waals surface area contributed by atoms with E-state index in [2.05, 4.69) is 102 Å². The number of aromatic nitrogens is 1. The summed E-state index contributed by atoms with van der Waals surface area (Å²) in [6.07, 6.45) is 3.04. The summed E-state index contributed by atoms with van der Waals surface area (Å²) in [5.41, 5.74) is 5.56. The fraction of sp³-hybridized carbons (Fsp3) is 0.281. The molecule has 0 aliphatic carbocycles. The van der Waals surface area contributed by atoms with E-state index >= 15 is 0 Å². The van der Waals surface area contributed by atoms with E-state index in [0.29, 0.717) is 0 Å². The smallest absolute Gasteiger partial charge is 0.0803 e. The predicted molar refractivity (Wildman–Crippen MR) is 148 cm³/mol.